The summed E-state index contributed by atoms with van der Waals surface area (Å²) in [4.78, 5) is 6.69. The average molecular weight is 492 g/mol. The van der Waals surface area contributed by atoms with Gasteiger partial charge in [0.15, 0.2) is 5.96 Å². The van der Waals surface area contributed by atoms with Crippen LogP contribution in [0.3, 0.4) is 0 Å². The monoisotopic (exact) mass is 492 g/mol. The molecule has 0 saturated carbocycles. The zero-order valence-electron chi connectivity index (χ0n) is 16.6. The lowest BCUT2D eigenvalue weighted by Gasteiger charge is -2.26. The molecule has 1 aromatic rings. The fraction of sp³-hybridized carbons (Fsp3) is 0.632. The molecule has 8 heteroatoms. The summed E-state index contributed by atoms with van der Waals surface area (Å²) in [6.45, 7) is 9.32. The molecular weight excluding hydrogens is 459 g/mol. The Labute approximate surface area is 179 Å². The molecule has 1 saturated heterocycles. The first kappa shape index (κ1) is 23.9. The van der Waals surface area contributed by atoms with Crippen LogP contribution in [0.2, 0.25) is 0 Å². The maximum absolute atomic E-state index is 5.84. The van der Waals surface area contributed by atoms with Crippen LogP contribution < -0.4 is 15.4 Å². The Hall–Kier alpha value is -1.10. The number of guanidine groups is 1. The molecule has 0 spiro atoms. The Balaban J connectivity index is 0.00000364. The molecule has 154 valence electrons. The molecule has 1 aromatic carbocycles. The fourth-order valence-corrected chi connectivity index (χ4v) is 2.73. The molecule has 7 nitrogen and oxygen atoms in total. The summed E-state index contributed by atoms with van der Waals surface area (Å²) < 4.78 is 16.3. The zero-order chi connectivity index (χ0) is 18.6. The molecule has 0 aromatic heterocycles. The van der Waals surface area contributed by atoms with E-state index in [0.29, 0.717) is 19.8 Å². The van der Waals surface area contributed by atoms with E-state index in [4.69, 9.17) is 14.2 Å². The number of ether oxygens (including phenoxy) is 3. The Kier molecular flexibility index (Phi) is 12.4. The van der Waals surface area contributed by atoms with Crippen LogP contribution in [0.1, 0.15) is 11.1 Å². The summed E-state index contributed by atoms with van der Waals surface area (Å²) in [7, 11) is 3.46. The molecular formula is C19H33IN4O3. The maximum atomic E-state index is 5.84. The lowest BCUT2D eigenvalue weighted by atomic mass is 10.1. The van der Waals surface area contributed by atoms with Crippen LogP contribution in [0.15, 0.2) is 23.2 Å². The van der Waals surface area contributed by atoms with Gasteiger partial charge in [-0.05, 0) is 18.6 Å². The minimum atomic E-state index is 0. The summed E-state index contributed by atoms with van der Waals surface area (Å²) in [5.74, 6) is 1.68. The highest BCUT2D eigenvalue weighted by atomic mass is 127. The number of benzene rings is 1. The van der Waals surface area contributed by atoms with Crippen molar-refractivity contribution in [3.63, 3.8) is 0 Å². The van der Waals surface area contributed by atoms with Crippen molar-refractivity contribution in [3.05, 3.63) is 29.3 Å². The minimum Gasteiger partial charge on any atom is -0.491 e. The number of aryl methyl sites for hydroxylation is 1. The SMILES string of the molecule is CN=C(NCCN1CCOCC1)NCc1ccc(C)cc1OCCOC.I. The van der Waals surface area contributed by atoms with Gasteiger partial charge < -0.3 is 24.8 Å². The second-order valence-electron chi connectivity index (χ2n) is 6.26. The number of rotatable bonds is 9. The molecule has 0 unspecified atom stereocenters. The van der Waals surface area contributed by atoms with E-state index in [9.17, 15) is 0 Å². The van der Waals surface area contributed by atoms with Crippen molar-refractivity contribution in [2.75, 3.05) is 66.8 Å². The van der Waals surface area contributed by atoms with Gasteiger partial charge in [-0.2, -0.15) is 0 Å². The van der Waals surface area contributed by atoms with Crippen molar-refractivity contribution >= 4 is 29.9 Å². The van der Waals surface area contributed by atoms with Crippen LogP contribution in [0, 0.1) is 6.92 Å². The van der Waals surface area contributed by atoms with Gasteiger partial charge in [-0.15, -0.1) is 24.0 Å². The first-order chi connectivity index (χ1) is 12.7. The molecule has 0 aliphatic carbocycles. The van der Waals surface area contributed by atoms with Crippen LogP contribution in [0.25, 0.3) is 0 Å². The normalized spacial score (nSPS) is 15.1. The highest BCUT2D eigenvalue weighted by Gasteiger charge is 2.10. The molecule has 0 atom stereocenters. The molecule has 1 fully saturated rings. The fourth-order valence-electron chi connectivity index (χ4n) is 2.73. The molecule has 2 N–H and O–H groups in total. The van der Waals surface area contributed by atoms with Gasteiger partial charge in [0.1, 0.15) is 12.4 Å². The largest absolute Gasteiger partial charge is 0.491 e. The second kappa shape index (κ2) is 14.0. The van der Waals surface area contributed by atoms with Crippen molar-refractivity contribution in [3.8, 4) is 5.75 Å². The van der Waals surface area contributed by atoms with Crippen LogP contribution in [-0.4, -0.2) is 77.6 Å². The summed E-state index contributed by atoms with van der Waals surface area (Å²) in [5.41, 5.74) is 2.28. The van der Waals surface area contributed by atoms with Crippen molar-refractivity contribution in [2.24, 2.45) is 4.99 Å². The zero-order valence-corrected chi connectivity index (χ0v) is 19.0. The van der Waals surface area contributed by atoms with E-state index in [1.807, 2.05) is 0 Å². The lowest BCUT2D eigenvalue weighted by molar-refractivity contribution is 0.0389. The van der Waals surface area contributed by atoms with Crippen LogP contribution in [0.4, 0.5) is 0 Å². The van der Waals surface area contributed by atoms with Crippen LogP contribution >= 0.6 is 24.0 Å². The number of aliphatic imine (C=N–C) groups is 1. The van der Waals surface area contributed by atoms with Gasteiger partial charge in [0.2, 0.25) is 0 Å². The van der Waals surface area contributed by atoms with Crippen molar-refractivity contribution in [2.45, 2.75) is 13.5 Å². The Morgan fingerprint density at radius 3 is 2.70 bits per heavy atom. The van der Waals surface area contributed by atoms with Gasteiger partial charge in [-0.25, -0.2) is 0 Å². The van der Waals surface area contributed by atoms with Gasteiger partial charge >= 0.3 is 0 Å². The first-order valence-electron chi connectivity index (χ1n) is 9.19. The van der Waals surface area contributed by atoms with E-state index in [0.717, 1.165) is 56.7 Å². The lowest BCUT2D eigenvalue weighted by Crippen LogP contribution is -2.44. The summed E-state index contributed by atoms with van der Waals surface area (Å²) in [6, 6.07) is 6.24. The molecule has 1 aliphatic heterocycles. The first-order valence-corrected chi connectivity index (χ1v) is 9.19. The predicted octanol–water partition coefficient (Wildman–Crippen LogP) is 1.64. The number of nitrogens with one attached hydrogen (secondary N) is 2. The van der Waals surface area contributed by atoms with Gasteiger partial charge in [-0.1, -0.05) is 12.1 Å². The van der Waals surface area contributed by atoms with Crippen LogP contribution in [-0.2, 0) is 16.0 Å². The summed E-state index contributed by atoms with van der Waals surface area (Å²) >= 11 is 0. The Morgan fingerprint density at radius 1 is 1.22 bits per heavy atom. The van der Waals surface area contributed by atoms with E-state index < -0.39 is 0 Å². The van der Waals surface area contributed by atoms with E-state index in [-0.39, 0.29) is 24.0 Å². The standard InChI is InChI=1S/C19H32N4O3.HI/c1-16-4-5-17(18(14-16)26-13-12-24-3)15-22-19(20-2)21-6-7-23-8-10-25-11-9-23;/h4-5,14H,6-13,15H2,1-3H3,(H2,20,21,22);1H. The summed E-state index contributed by atoms with van der Waals surface area (Å²) in [6.07, 6.45) is 0. The van der Waals surface area contributed by atoms with Crippen molar-refractivity contribution in [1.29, 1.82) is 0 Å². The van der Waals surface area contributed by atoms with Gasteiger partial charge in [0.05, 0.1) is 19.8 Å². The Bertz CT molecular complexity index is 566. The third kappa shape index (κ3) is 9.09. The van der Waals surface area contributed by atoms with Gasteiger partial charge in [0, 0.05) is 52.4 Å². The molecule has 1 aliphatic rings. The number of hydrogen-bond donors (Lipinski definition) is 2. The number of halogens is 1. The van der Waals surface area contributed by atoms with Gasteiger partial charge in [0.25, 0.3) is 0 Å². The third-order valence-electron chi connectivity index (χ3n) is 4.26. The number of nitrogens with zero attached hydrogens (tertiary/aromatic N) is 2. The van der Waals surface area contributed by atoms with Crippen molar-refractivity contribution in [1.82, 2.24) is 15.5 Å². The average Bonchev–Trinajstić information content (AvgIpc) is 2.66. The van der Waals surface area contributed by atoms with E-state index in [1.165, 1.54) is 5.56 Å². The van der Waals surface area contributed by atoms with E-state index in [1.54, 1.807) is 14.2 Å². The Morgan fingerprint density at radius 2 is 2.00 bits per heavy atom. The molecule has 0 bridgehead atoms. The third-order valence-corrected chi connectivity index (χ3v) is 4.26. The number of methoxy groups -OCH3 is 1. The van der Waals surface area contributed by atoms with Crippen LogP contribution in [0.5, 0.6) is 5.75 Å². The van der Waals surface area contributed by atoms with Gasteiger partial charge in [-0.3, -0.25) is 9.89 Å². The highest BCUT2D eigenvalue weighted by Crippen LogP contribution is 2.20. The highest BCUT2D eigenvalue weighted by molar-refractivity contribution is 14.0. The molecule has 1 heterocycles. The van der Waals surface area contributed by atoms with E-state index >= 15 is 0 Å². The molecule has 27 heavy (non-hydrogen) atoms. The molecule has 0 radical (unpaired) electrons. The quantitative estimate of drug-likeness (QED) is 0.237. The smallest absolute Gasteiger partial charge is 0.191 e. The molecule has 0 amide bonds. The topological polar surface area (TPSA) is 67.4 Å². The maximum Gasteiger partial charge on any atom is 0.191 e. The minimum absolute atomic E-state index is 0. The number of morpholine rings is 1. The predicted molar refractivity (Wildman–Crippen MR) is 119 cm³/mol. The van der Waals surface area contributed by atoms with E-state index in [2.05, 4.69) is 45.6 Å². The summed E-state index contributed by atoms with van der Waals surface area (Å²) in [5, 5.41) is 6.72. The second-order valence-corrected chi connectivity index (χ2v) is 6.26. The number of hydrogen-bond acceptors (Lipinski definition) is 5. The van der Waals surface area contributed by atoms with Crippen molar-refractivity contribution < 1.29 is 14.2 Å². The molecule has 2 rings (SSSR count).